The molecule has 1 aliphatic heterocycles. The zero-order chi connectivity index (χ0) is 29.9. The maximum Gasteiger partial charge on any atom is 0.416 e. The average Bonchev–Trinajstić information content (AvgIpc) is 3.60. The number of nitro benzene ring substituents is 1. The Bertz CT molecular complexity index is 2160. The number of allylic oxidation sites excluding steroid dienone is 1. The van der Waals surface area contributed by atoms with Crippen molar-refractivity contribution in [1.29, 1.82) is 0 Å². The number of hydrogen-bond acceptors (Lipinski definition) is 6. The van der Waals surface area contributed by atoms with Crippen molar-refractivity contribution in [1.82, 2.24) is 4.57 Å². The van der Waals surface area contributed by atoms with Gasteiger partial charge in [0.25, 0.3) is 11.2 Å². The minimum Gasteiger partial charge on any atom is -0.457 e. The van der Waals surface area contributed by atoms with Gasteiger partial charge < -0.3 is 4.42 Å². The van der Waals surface area contributed by atoms with Crippen LogP contribution in [0.3, 0.4) is 0 Å². The quantitative estimate of drug-likeness (QED) is 0.174. The molecule has 1 atom stereocenters. The lowest BCUT2D eigenvalue weighted by molar-refractivity contribution is -0.384. The maximum atomic E-state index is 13.9. The van der Waals surface area contributed by atoms with Gasteiger partial charge in [-0.25, -0.2) is 4.99 Å². The number of nitrogens with zero attached hydrogens (tertiary/aromatic N) is 3. The van der Waals surface area contributed by atoms with E-state index in [0.29, 0.717) is 27.1 Å². The first kappa shape index (κ1) is 26.8. The van der Waals surface area contributed by atoms with E-state index in [1.54, 1.807) is 34.9 Å². The predicted octanol–water partition coefficient (Wildman–Crippen LogP) is 6.51. The van der Waals surface area contributed by atoms with Gasteiger partial charge in [0, 0.05) is 29.3 Å². The van der Waals surface area contributed by atoms with Gasteiger partial charge in [-0.05, 0) is 53.8 Å². The molecule has 0 saturated carbocycles. The number of furan rings is 1. The summed E-state index contributed by atoms with van der Waals surface area (Å²) in [5, 5.41) is 11.6. The van der Waals surface area contributed by atoms with Gasteiger partial charge in [-0.2, -0.15) is 13.2 Å². The molecule has 7 rings (SSSR count). The number of halogens is 3. The van der Waals surface area contributed by atoms with Crippen molar-refractivity contribution >= 4 is 28.8 Å². The fourth-order valence-electron chi connectivity index (χ4n) is 5.69. The SMILES string of the molecule is O=c1/c(=C\c2ccc(-c3cccc(C(F)(F)F)c3)o2)sc2n1[C@@H](c1cccc([N+](=O)[O-])c1)C1=C(N=2)c2ccccc2CC1. The Morgan fingerprint density at radius 1 is 1.00 bits per heavy atom. The standard InChI is InChI=1S/C32H20F3N3O4S/c33-32(34,35)21-8-3-6-19(15-21)26-14-12-23(42-26)17-27-30(39)37-29(20-7-4-9-22(16-20)38(40)41)25-13-11-18-5-1-2-10-24(18)28(25)36-31(37)43-27/h1-10,12,14-17,29H,11,13H2/b27-17+/t29-/m0/s1. The van der Waals surface area contributed by atoms with Crippen LogP contribution in [0.4, 0.5) is 18.9 Å². The summed E-state index contributed by atoms with van der Waals surface area (Å²) in [5.41, 5.74) is 3.42. The van der Waals surface area contributed by atoms with E-state index in [0.717, 1.165) is 52.3 Å². The topological polar surface area (TPSA) is 90.6 Å². The number of thiazole rings is 1. The summed E-state index contributed by atoms with van der Waals surface area (Å²) in [6.07, 6.45) is -1.58. The van der Waals surface area contributed by atoms with Crippen molar-refractivity contribution in [2.45, 2.75) is 25.1 Å². The molecule has 214 valence electrons. The lowest BCUT2D eigenvalue weighted by Crippen LogP contribution is -2.38. The average molecular weight is 600 g/mol. The summed E-state index contributed by atoms with van der Waals surface area (Å²) in [6.45, 7) is 0. The fourth-order valence-corrected chi connectivity index (χ4v) is 6.68. The second-order valence-corrected chi connectivity index (χ2v) is 11.3. The van der Waals surface area contributed by atoms with E-state index < -0.39 is 22.7 Å². The number of fused-ring (bicyclic) bond motifs is 3. The van der Waals surface area contributed by atoms with Crippen LogP contribution >= 0.6 is 11.3 Å². The highest BCUT2D eigenvalue weighted by atomic mass is 32.1. The number of aromatic nitrogens is 1. The predicted molar refractivity (Wildman–Crippen MR) is 155 cm³/mol. The first-order valence-electron chi connectivity index (χ1n) is 13.3. The normalized spacial score (nSPS) is 16.3. The van der Waals surface area contributed by atoms with Gasteiger partial charge in [-0.1, -0.05) is 59.9 Å². The number of hydrogen-bond donors (Lipinski definition) is 0. The molecule has 0 saturated heterocycles. The Morgan fingerprint density at radius 3 is 2.63 bits per heavy atom. The van der Waals surface area contributed by atoms with Crippen molar-refractivity contribution in [2.75, 3.05) is 0 Å². The minimum atomic E-state index is -4.49. The van der Waals surface area contributed by atoms with Gasteiger partial charge in [0.15, 0.2) is 4.80 Å². The molecule has 0 fully saturated rings. The lowest BCUT2D eigenvalue weighted by atomic mass is 9.83. The first-order chi connectivity index (χ1) is 20.7. The highest BCUT2D eigenvalue weighted by Gasteiger charge is 2.33. The van der Waals surface area contributed by atoms with Crippen molar-refractivity contribution in [3.05, 3.63) is 148 Å². The smallest absolute Gasteiger partial charge is 0.416 e. The van der Waals surface area contributed by atoms with E-state index >= 15 is 0 Å². The number of non-ortho nitro benzene ring substituents is 1. The van der Waals surface area contributed by atoms with Crippen molar-refractivity contribution < 1.29 is 22.5 Å². The van der Waals surface area contributed by atoms with Crippen LogP contribution in [0, 0.1) is 10.1 Å². The molecule has 3 heterocycles. The summed E-state index contributed by atoms with van der Waals surface area (Å²) in [4.78, 5) is 30.4. The van der Waals surface area contributed by atoms with E-state index in [4.69, 9.17) is 9.41 Å². The van der Waals surface area contributed by atoms with Crippen LogP contribution in [0.5, 0.6) is 0 Å². The molecule has 2 aliphatic rings. The van der Waals surface area contributed by atoms with Crippen LogP contribution in [-0.4, -0.2) is 9.49 Å². The number of nitro groups is 1. The summed E-state index contributed by atoms with van der Waals surface area (Å²) in [6, 6.07) is 21.6. The molecule has 2 aromatic heterocycles. The molecule has 0 amide bonds. The van der Waals surface area contributed by atoms with Crippen LogP contribution in [0.1, 0.15) is 40.5 Å². The number of alkyl halides is 3. The van der Waals surface area contributed by atoms with Gasteiger partial charge in [0.1, 0.15) is 11.5 Å². The molecule has 0 bridgehead atoms. The van der Waals surface area contributed by atoms with Crippen LogP contribution in [0.25, 0.3) is 23.1 Å². The zero-order valence-corrected chi connectivity index (χ0v) is 23.0. The lowest BCUT2D eigenvalue weighted by Gasteiger charge is -2.30. The number of aryl methyl sites for hydroxylation is 1. The van der Waals surface area contributed by atoms with Gasteiger partial charge in [0.2, 0.25) is 0 Å². The van der Waals surface area contributed by atoms with Gasteiger partial charge >= 0.3 is 6.18 Å². The van der Waals surface area contributed by atoms with Crippen molar-refractivity contribution in [3.8, 4) is 11.3 Å². The zero-order valence-electron chi connectivity index (χ0n) is 22.2. The Labute approximate surface area is 245 Å². The third-order valence-electron chi connectivity index (χ3n) is 7.64. The molecule has 1 aliphatic carbocycles. The minimum absolute atomic E-state index is 0.0762. The Balaban J connectivity index is 1.37. The Kier molecular flexibility index (Phi) is 6.28. The highest BCUT2D eigenvalue weighted by Crippen LogP contribution is 2.41. The maximum absolute atomic E-state index is 13.9. The third-order valence-corrected chi connectivity index (χ3v) is 8.63. The van der Waals surface area contributed by atoms with Crippen LogP contribution in [0.15, 0.2) is 105 Å². The molecule has 7 nitrogen and oxygen atoms in total. The monoisotopic (exact) mass is 599 g/mol. The molecular weight excluding hydrogens is 579 g/mol. The Morgan fingerprint density at radius 2 is 1.81 bits per heavy atom. The van der Waals surface area contributed by atoms with Gasteiger partial charge in [0.05, 0.1) is 26.8 Å². The summed E-state index contributed by atoms with van der Waals surface area (Å²) >= 11 is 1.16. The molecule has 3 aromatic carbocycles. The van der Waals surface area contributed by atoms with E-state index in [2.05, 4.69) is 0 Å². The summed E-state index contributed by atoms with van der Waals surface area (Å²) in [5.74, 6) is 0.519. The first-order valence-corrected chi connectivity index (χ1v) is 14.1. The molecule has 0 N–H and O–H groups in total. The second kappa shape index (κ2) is 10.1. The van der Waals surface area contributed by atoms with E-state index in [9.17, 15) is 28.1 Å². The van der Waals surface area contributed by atoms with Gasteiger partial charge in [-0.3, -0.25) is 19.5 Å². The van der Waals surface area contributed by atoms with Crippen molar-refractivity contribution in [2.24, 2.45) is 4.99 Å². The number of benzene rings is 3. The third kappa shape index (κ3) is 4.71. The molecule has 11 heteroatoms. The number of rotatable bonds is 4. The van der Waals surface area contributed by atoms with E-state index in [1.807, 2.05) is 24.3 Å². The molecule has 0 unspecified atom stereocenters. The van der Waals surface area contributed by atoms with Crippen LogP contribution in [-0.2, 0) is 12.6 Å². The van der Waals surface area contributed by atoms with E-state index in [-0.39, 0.29) is 22.6 Å². The molecule has 0 radical (unpaired) electrons. The highest BCUT2D eigenvalue weighted by molar-refractivity contribution is 7.07. The largest absolute Gasteiger partial charge is 0.457 e. The fraction of sp³-hybridized carbons (Fsp3) is 0.125. The molecule has 0 spiro atoms. The van der Waals surface area contributed by atoms with Crippen LogP contribution < -0.4 is 14.9 Å². The van der Waals surface area contributed by atoms with Gasteiger partial charge in [-0.15, -0.1) is 0 Å². The van der Waals surface area contributed by atoms with Crippen LogP contribution in [0.2, 0.25) is 0 Å². The molecule has 43 heavy (non-hydrogen) atoms. The Hall–Kier alpha value is -5.03. The summed E-state index contributed by atoms with van der Waals surface area (Å²) < 4.78 is 47.4. The molecular formula is C32H20F3N3O4S. The van der Waals surface area contributed by atoms with E-state index in [1.165, 1.54) is 24.3 Å². The molecule has 5 aromatic rings. The summed E-state index contributed by atoms with van der Waals surface area (Å²) in [7, 11) is 0. The second-order valence-electron chi connectivity index (χ2n) is 10.2. The van der Waals surface area contributed by atoms with Crippen molar-refractivity contribution in [3.63, 3.8) is 0 Å².